The van der Waals surface area contributed by atoms with Gasteiger partial charge in [-0.05, 0) is 56.6 Å². The van der Waals surface area contributed by atoms with Crippen molar-refractivity contribution < 1.29 is 14.3 Å². The molecule has 1 heterocycles. The number of aliphatic imine (C=N–C) groups is 1. The first-order valence-electron chi connectivity index (χ1n) is 11.9. The molecule has 1 aliphatic heterocycles. The third-order valence-electron chi connectivity index (χ3n) is 6.59. The number of likely N-dealkylation sites (tertiary alicyclic amines) is 1. The van der Waals surface area contributed by atoms with Crippen LogP contribution in [0.15, 0.2) is 47.5 Å². The summed E-state index contributed by atoms with van der Waals surface area (Å²) in [7, 11) is 0. The second-order valence-electron chi connectivity index (χ2n) is 8.74. The Morgan fingerprint density at radius 1 is 1.03 bits per heavy atom. The second-order valence-corrected chi connectivity index (χ2v) is 8.74. The summed E-state index contributed by atoms with van der Waals surface area (Å²) in [5.74, 6) is 2.07. The normalized spacial score (nSPS) is 26.0. The molecule has 4 rings (SSSR count). The van der Waals surface area contributed by atoms with Crippen molar-refractivity contribution in [1.82, 2.24) is 15.5 Å². The molecule has 7 nitrogen and oxygen atoms in total. The van der Waals surface area contributed by atoms with E-state index in [0.717, 1.165) is 44.1 Å². The fourth-order valence-electron chi connectivity index (χ4n) is 5.09. The molecule has 2 amide bonds. The van der Waals surface area contributed by atoms with Gasteiger partial charge in [0.1, 0.15) is 5.75 Å². The summed E-state index contributed by atoms with van der Waals surface area (Å²) in [6.45, 7) is 5.36. The fourth-order valence-corrected chi connectivity index (χ4v) is 5.09. The number of hydrogen-bond acceptors (Lipinski definition) is 4. The molecule has 0 radical (unpaired) electrons. The SMILES string of the molecule is CCNC(=NCCCN1C(=O)C2C3C=CC(C3)C2C1=O)NCCCCOc1ccccc1. The van der Waals surface area contributed by atoms with Gasteiger partial charge in [-0.3, -0.25) is 19.5 Å². The van der Waals surface area contributed by atoms with Gasteiger partial charge in [0.25, 0.3) is 0 Å². The minimum absolute atomic E-state index is 0.0311. The predicted octanol–water partition coefficient (Wildman–Crippen LogP) is 2.60. The lowest BCUT2D eigenvalue weighted by molar-refractivity contribution is -0.140. The monoisotopic (exact) mass is 438 g/mol. The molecule has 2 aliphatic carbocycles. The molecule has 0 aromatic heterocycles. The number of guanidine groups is 1. The van der Waals surface area contributed by atoms with Crippen LogP contribution < -0.4 is 15.4 Å². The Morgan fingerprint density at radius 2 is 1.75 bits per heavy atom. The van der Waals surface area contributed by atoms with E-state index < -0.39 is 0 Å². The van der Waals surface area contributed by atoms with E-state index >= 15 is 0 Å². The van der Waals surface area contributed by atoms with Crippen molar-refractivity contribution in [3.05, 3.63) is 42.5 Å². The van der Waals surface area contributed by atoms with E-state index in [1.54, 1.807) is 0 Å². The number of fused-ring (bicyclic) bond motifs is 5. The van der Waals surface area contributed by atoms with Gasteiger partial charge in [-0.2, -0.15) is 0 Å². The highest BCUT2D eigenvalue weighted by Gasteiger charge is 2.58. The Hall–Kier alpha value is -2.83. The first-order chi connectivity index (χ1) is 15.7. The second kappa shape index (κ2) is 10.7. The van der Waals surface area contributed by atoms with Crippen LogP contribution in [0.2, 0.25) is 0 Å². The largest absolute Gasteiger partial charge is 0.494 e. The molecule has 1 saturated carbocycles. The van der Waals surface area contributed by atoms with Crippen LogP contribution in [0.1, 0.15) is 32.6 Å². The summed E-state index contributed by atoms with van der Waals surface area (Å²) in [5, 5.41) is 6.59. The Kier molecular flexibility index (Phi) is 7.45. The number of imide groups is 1. The molecule has 2 N–H and O–H groups in total. The molecule has 0 spiro atoms. The van der Waals surface area contributed by atoms with Crippen LogP contribution in [0.5, 0.6) is 5.75 Å². The topological polar surface area (TPSA) is 83.0 Å². The average molecular weight is 439 g/mol. The number of ether oxygens (including phenoxy) is 1. The number of rotatable bonds is 11. The number of carbonyl (C=O) groups is 2. The van der Waals surface area contributed by atoms with Crippen molar-refractivity contribution in [2.75, 3.05) is 32.8 Å². The molecule has 1 aromatic rings. The molecule has 2 bridgehead atoms. The van der Waals surface area contributed by atoms with Gasteiger partial charge in [0, 0.05) is 26.2 Å². The van der Waals surface area contributed by atoms with E-state index in [1.165, 1.54) is 4.90 Å². The van der Waals surface area contributed by atoms with Gasteiger partial charge in [0.2, 0.25) is 11.8 Å². The minimum atomic E-state index is -0.106. The highest BCUT2D eigenvalue weighted by atomic mass is 16.5. The van der Waals surface area contributed by atoms with Gasteiger partial charge in [0.05, 0.1) is 18.4 Å². The average Bonchev–Trinajstić information content (AvgIpc) is 3.49. The molecule has 4 unspecified atom stereocenters. The summed E-state index contributed by atoms with van der Waals surface area (Å²) in [4.78, 5) is 31.6. The molecule has 172 valence electrons. The quantitative estimate of drug-likeness (QED) is 0.182. The van der Waals surface area contributed by atoms with Crippen LogP contribution in [0.3, 0.4) is 0 Å². The number of carbonyl (C=O) groups excluding carboxylic acids is 2. The zero-order valence-corrected chi connectivity index (χ0v) is 18.8. The summed E-state index contributed by atoms with van der Waals surface area (Å²) >= 11 is 0. The maximum atomic E-state index is 12.7. The van der Waals surface area contributed by atoms with Crippen molar-refractivity contribution >= 4 is 17.8 Å². The lowest BCUT2D eigenvalue weighted by Gasteiger charge is -2.17. The molecule has 1 aromatic carbocycles. The summed E-state index contributed by atoms with van der Waals surface area (Å²) in [6, 6.07) is 9.85. The van der Waals surface area contributed by atoms with Crippen molar-refractivity contribution in [1.29, 1.82) is 0 Å². The van der Waals surface area contributed by atoms with E-state index in [9.17, 15) is 9.59 Å². The Balaban J connectivity index is 1.14. The van der Waals surface area contributed by atoms with E-state index in [1.807, 2.05) is 37.3 Å². The number of nitrogens with zero attached hydrogens (tertiary/aromatic N) is 2. The van der Waals surface area contributed by atoms with Gasteiger partial charge in [-0.25, -0.2) is 0 Å². The highest BCUT2D eigenvalue weighted by molar-refractivity contribution is 6.06. The lowest BCUT2D eigenvalue weighted by Crippen LogP contribution is -2.38. The third-order valence-corrected chi connectivity index (χ3v) is 6.59. The van der Waals surface area contributed by atoms with Crippen molar-refractivity contribution in [3.63, 3.8) is 0 Å². The Morgan fingerprint density at radius 3 is 2.44 bits per heavy atom. The number of allylic oxidation sites excluding steroid dienone is 2. The minimum Gasteiger partial charge on any atom is -0.494 e. The zero-order valence-electron chi connectivity index (χ0n) is 18.8. The van der Waals surface area contributed by atoms with E-state index in [-0.39, 0.29) is 35.5 Å². The molecule has 32 heavy (non-hydrogen) atoms. The number of para-hydroxylation sites is 1. The number of unbranched alkanes of at least 4 members (excludes halogenated alkanes) is 1. The van der Waals surface area contributed by atoms with Crippen LogP contribution in [-0.4, -0.2) is 55.5 Å². The molecule has 4 atom stereocenters. The number of hydrogen-bond donors (Lipinski definition) is 2. The smallest absolute Gasteiger partial charge is 0.233 e. The van der Waals surface area contributed by atoms with Crippen LogP contribution >= 0.6 is 0 Å². The lowest BCUT2D eigenvalue weighted by atomic mass is 9.85. The molecule has 7 heteroatoms. The van der Waals surface area contributed by atoms with Crippen molar-refractivity contribution in [3.8, 4) is 5.75 Å². The molecule has 3 aliphatic rings. The number of amides is 2. The highest BCUT2D eigenvalue weighted by Crippen LogP contribution is 2.52. The summed E-state index contributed by atoms with van der Waals surface area (Å²) in [6.07, 6.45) is 7.86. The Bertz CT molecular complexity index is 824. The van der Waals surface area contributed by atoms with Gasteiger partial charge in [-0.1, -0.05) is 30.4 Å². The van der Waals surface area contributed by atoms with Crippen LogP contribution in [-0.2, 0) is 9.59 Å². The van der Waals surface area contributed by atoms with Crippen LogP contribution in [0.25, 0.3) is 0 Å². The number of nitrogens with one attached hydrogen (secondary N) is 2. The molecule has 1 saturated heterocycles. The first kappa shape index (κ1) is 22.4. The van der Waals surface area contributed by atoms with E-state index in [2.05, 4.69) is 27.8 Å². The van der Waals surface area contributed by atoms with Gasteiger partial charge < -0.3 is 15.4 Å². The van der Waals surface area contributed by atoms with Gasteiger partial charge in [-0.15, -0.1) is 0 Å². The maximum Gasteiger partial charge on any atom is 0.233 e. The Labute approximate surface area is 190 Å². The fraction of sp³-hybridized carbons (Fsp3) is 0.560. The summed E-state index contributed by atoms with van der Waals surface area (Å²) < 4.78 is 5.71. The molecular weight excluding hydrogens is 404 g/mol. The molecule has 2 fully saturated rings. The first-order valence-corrected chi connectivity index (χ1v) is 11.9. The predicted molar refractivity (Wildman–Crippen MR) is 124 cm³/mol. The maximum absolute atomic E-state index is 12.7. The van der Waals surface area contributed by atoms with Crippen molar-refractivity contribution in [2.24, 2.45) is 28.7 Å². The zero-order chi connectivity index (χ0) is 22.3. The van der Waals surface area contributed by atoms with E-state index in [4.69, 9.17) is 4.74 Å². The third kappa shape index (κ3) is 4.97. The summed E-state index contributed by atoms with van der Waals surface area (Å²) in [5.41, 5.74) is 0. The van der Waals surface area contributed by atoms with Crippen LogP contribution in [0, 0.1) is 23.7 Å². The van der Waals surface area contributed by atoms with Crippen LogP contribution in [0.4, 0.5) is 0 Å². The van der Waals surface area contributed by atoms with E-state index in [0.29, 0.717) is 26.1 Å². The molecular formula is C25H34N4O3. The standard InChI is InChI=1S/C25H34N4O3/c1-2-26-25(27-13-6-7-16-32-20-9-4-3-5-10-20)28-14-8-15-29-23(30)21-18-11-12-19(17-18)22(21)24(29)31/h3-5,9-12,18-19,21-22H,2,6-8,13-17H2,1H3,(H2,26,27,28). The number of benzene rings is 1. The van der Waals surface area contributed by atoms with Gasteiger partial charge >= 0.3 is 0 Å². The van der Waals surface area contributed by atoms with Crippen molar-refractivity contribution in [2.45, 2.75) is 32.6 Å². The van der Waals surface area contributed by atoms with Gasteiger partial charge in [0.15, 0.2) is 5.96 Å².